The number of rotatable bonds is 4. The highest BCUT2D eigenvalue weighted by Gasteiger charge is 2.20. The van der Waals surface area contributed by atoms with Gasteiger partial charge in [-0.2, -0.15) is 0 Å². The molecular formula is C11H21N3OS. The highest BCUT2D eigenvalue weighted by atomic mass is 32.1. The summed E-state index contributed by atoms with van der Waals surface area (Å²) in [6, 6.07) is 0.338. The maximum atomic E-state index is 11.8. The molecular weight excluding hydrogens is 222 g/mol. The average molecular weight is 243 g/mol. The van der Waals surface area contributed by atoms with E-state index in [-0.39, 0.29) is 11.9 Å². The van der Waals surface area contributed by atoms with Crippen LogP contribution in [0.15, 0.2) is 0 Å². The summed E-state index contributed by atoms with van der Waals surface area (Å²) in [7, 11) is 1.78. The first-order valence-corrected chi connectivity index (χ1v) is 6.22. The van der Waals surface area contributed by atoms with Crippen LogP contribution in [0.25, 0.3) is 0 Å². The Bertz CT molecular complexity index is 264. The summed E-state index contributed by atoms with van der Waals surface area (Å²) in [6.45, 7) is 2.51. The van der Waals surface area contributed by atoms with Crippen LogP contribution in [0.4, 0.5) is 4.79 Å². The van der Waals surface area contributed by atoms with Crippen LogP contribution in [-0.4, -0.2) is 35.6 Å². The molecule has 1 rings (SSSR count). The van der Waals surface area contributed by atoms with Crippen LogP contribution in [0, 0.1) is 5.92 Å². The molecule has 4 nitrogen and oxygen atoms in total. The Morgan fingerprint density at radius 1 is 1.56 bits per heavy atom. The third-order valence-corrected chi connectivity index (χ3v) is 3.47. The number of hydrogen-bond acceptors (Lipinski definition) is 2. The van der Waals surface area contributed by atoms with E-state index in [1.54, 1.807) is 11.9 Å². The summed E-state index contributed by atoms with van der Waals surface area (Å²) in [6.07, 6.45) is 4.64. The molecule has 0 aromatic heterocycles. The Labute approximate surface area is 103 Å². The van der Waals surface area contributed by atoms with Crippen LogP contribution >= 0.6 is 12.2 Å². The SMILES string of the molecule is CC(CN(C)C(=O)NC1CCCC1)C(N)=S. The minimum atomic E-state index is -0.0185. The molecule has 1 atom stereocenters. The van der Waals surface area contributed by atoms with Gasteiger partial charge in [-0.3, -0.25) is 0 Å². The number of hydrogen-bond donors (Lipinski definition) is 2. The van der Waals surface area contributed by atoms with Crippen molar-refractivity contribution in [1.29, 1.82) is 0 Å². The number of carbonyl (C=O) groups excluding carboxylic acids is 1. The van der Waals surface area contributed by atoms with Crippen molar-refractivity contribution in [3.63, 3.8) is 0 Å². The fraction of sp³-hybridized carbons (Fsp3) is 0.818. The predicted octanol–water partition coefficient (Wildman–Crippen LogP) is 1.49. The third-order valence-electron chi connectivity index (χ3n) is 3.06. The van der Waals surface area contributed by atoms with Crippen molar-refractivity contribution in [2.75, 3.05) is 13.6 Å². The van der Waals surface area contributed by atoms with Gasteiger partial charge in [-0.05, 0) is 12.8 Å². The standard InChI is InChI=1S/C11H21N3OS/c1-8(10(12)16)7-14(2)11(15)13-9-5-3-4-6-9/h8-9H,3-7H2,1-2H3,(H2,12,16)(H,13,15). The van der Waals surface area contributed by atoms with Crippen molar-refractivity contribution in [2.45, 2.75) is 38.6 Å². The minimum Gasteiger partial charge on any atom is -0.393 e. The summed E-state index contributed by atoms with van der Waals surface area (Å²) >= 11 is 4.89. The van der Waals surface area contributed by atoms with Gasteiger partial charge in [-0.25, -0.2) is 4.79 Å². The van der Waals surface area contributed by atoms with Crippen molar-refractivity contribution in [3.05, 3.63) is 0 Å². The van der Waals surface area contributed by atoms with Crippen molar-refractivity contribution >= 4 is 23.2 Å². The van der Waals surface area contributed by atoms with E-state index >= 15 is 0 Å². The molecule has 0 saturated heterocycles. The van der Waals surface area contributed by atoms with E-state index in [4.69, 9.17) is 18.0 Å². The number of nitrogens with one attached hydrogen (secondary N) is 1. The smallest absolute Gasteiger partial charge is 0.317 e. The van der Waals surface area contributed by atoms with E-state index in [0.717, 1.165) is 12.8 Å². The van der Waals surface area contributed by atoms with Crippen molar-refractivity contribution < 1.29 is 4.79 Å². The van der Waals surface area contributed by atoms with E-state index < -0.39 is 0 Å². The van der Waals surface area contributed by atoms with E-state index in [2.05, 4.69) is 5.32 Å². The number of carbonyl (C=O) groups is 1. The number of urea groups is 1. The van der Waals surface area contributed by atoms with E-state index in [0.29, 0.717) is 17.6 Å². The summed E-state index contributed by atoms with van der Waals surface area (Å²) in [4.78, 5) is 13.9. The summed E-state index contributed by atoms with van der Waals surface area (Å²) in [5, 5.41) is 3.03. The van der Waals surface area contributed by atoms with Crippen LogP contribution in [0.3, 0.4) is 0 Å². The van der Waals surface area contributed by atoms with Gasteiger partial charge in [-0.1, -0.05) is 32.0 Å². The Balaban J connectivity index is 2.32. The molecule has 92 valence electrons. The fourth-order valence-electron chi connectivity index (χ4n) is 1.94. The second-order valence-electron chi connectivity index (χ2n) is 4.61. The number of nitrogens with zero attached hydrogens (tertiary/aromatic N) is 1. The fourth-order valence-corrected chi connectivity index (χ4v) is 2.01. The Hall–Kier alpha value is -0.840. The second-order valence-corrected chi connectivity index (χ2v) is 5.09. The highest BCUT2D eigenvalue weighted by molar-refractivity contribution is 7.80. The zero-order chi connectivity index (χ0) is 12.1. The van der Waals surface area contributed by atoms with Crippen LogP contribution in [0.1, 0.15) is 32.6 Å². The quantitative estimate of drug-likeness (QED) is 0.736. The molecule has 5 heteroatoms. The van der Waals surface area contributed by atoms with Crippen LogP contribution in [-0.2, 0) is 0 Å². The van der Waals surface area contributed by atoms with Gasteiger partial charge in [0.05, 0.1) is 4.99 Å². The van der Waals surface area contributed by atoms with E-state index in [1.165, 1.54) is 12.8 Å². The molecule has 1 unspecified atom stereocenters. The average Bonchev–Trinajstić information content (AvgIpc) is 2.69. The normalized spacial score (nSPS) is 18.1. The largest absolute Gasteiger partial charge is 0.393 e. The first kappa shape index (κ1) is 13.2. The summed E-state index contributed by atoms with van der Waals surface area (Å²) in [5.74, 6) is 0.0642. The first-order chi connectivity index (χ1) is 7.50. The van der Waals surface area contributed by atoms with Crippen molar-refractivity contribution in [2.24, 2.45) is 11.7 Å². The maximum absolute atomic E-state index is 11.8. The van der Waals surface area contributed by atoms with Crippen LogP contribution < -0.4 is 11.1 Å². The monoisotopic (exact) mass is 243 g/mol. The van der Waals surface area contributed by atoms with Crippen LogP contribution in [0.2, 0.25) is 0 Å². The summed E-state index contributed by atoms with van der Waals surface area (Å²) < 4.78 is 0. The second kappa shape index (κ2) is 6.03. The van der Waals surface area contributed by atoms with E-state index in [9.17, 15) is 4.79 Å². The van der Waals surface area contributed by atoms with E-state index in [1.807, 2.05) is 6.92 Å². The summed E-state index contributed by atoms with van der Waals surface area (Å²) in [5.41, 5.74) is 5.52. The van der Waals surface area contributed by atoms with Gasteiger partial charge >= 0.3 is 6.03 Å². The number of thiocarbonyl (C=S) groups is 1. The van der Waals surface area contributed by atoms with Crippen LogP contribution in [0.5, 0.6) is 0 Å². The lowest BCUT2D eigenvalue weighted by molar-refractivity contribution is 0.202. The topological polar surface area (TPSA) is 58.4 Å². The molecule has 0 bridgehead atoms. The molecule has 2 amide bonds. The third kappa shape index (κ3) is 3.96. The maximum Gasteiger partial charge on any atom is 0.317 e. The molecule has 0 radical (unpaired) electrons. The van der Waals surface area contributed by atoms with Gasteiger partial charge in [0.2, 0.25) is 0 Å². The molecule has 1 aliphatic rings. The van der Waals surface area contributed by atoms with Gasteiger partial charge in [0.1, 0.15) is 0 Å². The zero-order valence-corrected chi connectivity index (χ0v) is 10.8. The molecule has 1 aliphatic carbocycles. The Morgan fingerprint density at radius 3 is 2.62 bits per heavy atom. The lowest BCUT2D eigenvalue weighted by atomic mass is 10.2. The van der Waals surface area contributed by atoms with Gasteiger partial charge in [0, 0.05) is 25.6 Å². The zero-order valence-electron chi connectivity index (χ0n) is 10.0. The molecule has 16 heavy (non-hydrogen) atoms. The molecule has 0 aliphatic heterocycles. The highest BCUT2D eigenvalue weighted by Crippen LogP contribution is 2.17. The molecule has 3 N–H and O–H groups in total. The first-order valence-electron chi connectivity index (χ1n) is 5.81. The molecule has 0 aromatic carbocycles. The van der Waals surface area contributed by atoms with Crippen molar-refractivity contribution in [1.82, 2.24) is 10.2 Å². The molecule has 0 aromatic rings. The lowest BCUT2D eigenvalue weighted by Crippen LogP contribution is -2.44. The minimum absolute atomic E-state index is 0.0185. The molecule has 1 fully saturated rings. The Morgan fingerprint density at radius 2 is 2.12 bits per heavy atom. The molecule has 0 spiro atoms. The molecule has 1 saturated carbocycles. The van der Waals surface area contributed by atoms with Gasteiger partial charge in [-0.15, -0.1) is 0 Å². The number of amides is 2. The van der Waals surface area contributed by atoms with Gasteiger partial charge in [0.25, 0.3) is 0 Å². The van der Waals surface area contributed by atoms with Crippen molar-refractivity contribution in [3.8, 4) is 0 Å². The lowest BCUT2D eigenvalue weighted by Gasteiger charge is -2.23. The molecule has 0 heterocycles. The Kier molecular flexibility index (Phi) is 4.99. The van der Waals surface area contributed by atoms with Gasteiger partial charge < -0.3 is 16.0 Å². The van der Waals surface area contributed by atoms with Gasteiger partial charge in [0.15, 0.2) is 0 Å². The predicted molar refractivity (Wildman–Crippen MR) is 69.4 cm³/mol. The number of nitrogens with two attached hydrogens (primary N) is 1.